The molecular formula is C18H28N2O2S. The van der Waals surface area contributed by atoms with Crippen molar-refractivity contribution in [2.75, 3.05) is 39.9 Å². The van der Waals surface area contributed by atoms with E-state index in [1.807, 2.05) is 11.3 Å². The van der Waals surface area contributed by atoms with Crippen LogP contribution in [0.15, 0.2) is 12.1 Å². The molecule has 0 bridgehead atoms. The fourth-order valence-corrected chi connectivity index (χ4v) is 4.52. The van der Waals surface area contributed by atoms with Crippen LogP contribution in [0.25, 0.3) is 0 Å². The molecular weight excluding hydrogens is 308 g/mol. The van der Waals surface area contributed by atoms with Crippen molar-refractivity contribution in [3.8, 4) is 0 Å². The Morgan fingerprint density at radius 1 is 1.39 bits per heavy atom. The van der Waals surface area contributed by atoms with E-state index in [1.54, 1.807) is 7.11 Å². The molecule has 1 N–H and O–H groups in total. The van der Waals surface area contributed by atoms with Crippen molar-refractivity contribution in [3.63, 3.8) is 0 Å². The van der Waals surface area contributed by atoms with E-state index in [0.717, 1.165) is 39.2 Å². The summed E-state index contributed by atoms with van der Waals surface area (Å²) in [6.07, 6.45) is 3.39. The number of carbonyl (C=O) groups is 1. The van der Waals surface area contributed by atoms with Crippen LogP contribution >= 0.6 is 11.3 Å². The number of hydrogen-bond acceptors (Lipinski definition) is 4. The Balaban J connectivity index is 1.35. The van der Waals surface area contributed by atoms with E-state index in [9.17, 15) is 4.79 Å². The van der Waals surface area contributed by atoms with Crippen LogP contribution in [0.4, 0.5) is 0 Å². The minimum Gasteiger partial charge on any atom is -0.383 e. The second kappa shape index (κ2) is 7.77. The number of carbonyl (C=O) groups excluding carboxylic acids is 1. The van der Waals surface area contributed by atoms with Gasteiger partial charge in [0, 0.05) is 41.8 Å². The predicted molar refractivity (Wildman–Crippen MR) is 94.0 cm³/mol. The maximum absolute atomic E-state index is 12.3. The number of nitrogens with zero attached hydrogens (tertiary/aromatic N) is 1. The summed E-state index contributed by atoms with van der Waals surface area (Å²) in [6, 6.07) is 4.35. The smallest absolute Gasteiger partial charge is 0.223 e. The summed E-state index contributed by atoms with van der Waals surface area (Å²) in [6.45, 7) is 7.08. The number of thiophene rings is 1. The average molecular weight is 337 g/mol. The lowest BCUT2D eigenvalue weighted by molar-refractivity contribution is -0.122. The fraction of sp³-hybridized carbons (Fsp3) is 0.722. The molecule has 1 aliphatic heterocycles. The zero-order chi connectivity index (χ0) is 16.2. The van der Waals surface area contributed by atoms with Crippen molar-refractivity contribution in [1.82, 2.24) is 10.2 Å². The van der Waals surface area contributed by atoms with Crippen LogP contribution in [0.2, 0.25) is 0 Å². The summed E-state index contributed by atoms with van der Waals surface area (Å²) in [5, 5.41) is 3.20. The van der Waals surface area contributed by atoms with Crippen LogP contribution in [0.3, 0.4) is 0 Å². The summed E-state index contributed by atoms with van der Waals surface area (Å²) in [7, 11) is 1.75. The van der Waals surface area contributed by atoms with Gasteiger partial charge in [0.25, 0.3) is 0 Å². The zero-order valence-electron chi connectivity index (χ0n) is 14.2. The van der Waals surface area contributed by atoms with Crippen molar-refractivity contribution < 1.29 is 9.53 Å². The summed E-state index contributed by atoms with van der Waals surface area (Å²) in [5.41, 5.74) is 0. The van der Waals surface area contributed by atoms with Crippen LogP contribution in [0.5, 0.6) is 0 Å². The van der Waals surface area contributed by atoms with Gasteiger partial charge in [0.2, 0.25) is 5.91 Å². The summed E-state index contributed by atoms with van der Waals surface area (Å²) in [4.78, 5) is 17.5. The predicted octanol–water partition coefficient (Wildman–Crippen LogP) is 2.63. The monoisotopic (exact) mass is 336 g/mol. The van der Waals surface area contributed by atoms with Crippen LogP contribution in [-0.4, -0.2) is 50.7 Å². The maximum Gasteiger partial charge on any atom is 0.223 e. The maximum atomic E-state index is 12.3. The van der Waals surface area contributed by atoms with Crippen LogP contribution in [0.1, 0.15) is 34.9 Å². The van der Waals surface area contributed by atoms with Crippen LogP contribution < -0.4 is 5.32 Å². The molecule has 1 saturated carbocycles. The number of methoxy groups -OCH3 is 1. The number of amides is 1. The molecule has 4 nitrogen and oxygen atoms in total. The zero-order valence-corrected chi connectivity index (χ0v) is 15.0. The largest absolute Gasteiger partial charge is 0.383 e. The first-order valence-electron chi connectivity index (χ1n) is 8.72. The first kappa shape index (κ1) is 16.9. The highest BCUT2D eigenvalue weighted by atomic mass is 32.1. The van der Waals surface area contributed by atoms with E-state index in [2.05, 4.69) is 29.3 Å². The van der Waals surface area contributed by atoms with Crippen molar-refractivity contribution in [3.05, 3.63) is 21.9 Å². The molecule has 2 aliphatic rings. The minimum absolute atomic E-state index is 0.217. The summed E-state index contributed by atoms with van der Waals surface area (Å²) >= 11 is 1.84. The lowest BCUT2D eigenvalue weighted by Crippen LogP contribution is -2.40. The topological polar surface area (TPSA) is 41.6 Å². The van der Waals surface area contributed by atoms with Gasteiger partial charge < -0.3 is 15.0 Å². The molecule has 1 aromatic heterocycles. The van der Waals surface area contributed by atoms with Crippen molar-refractivity contribution >= 4 is 17.2 Å². The average Bonchev–Trinajstić information content (AvgIpc) is 3.26. The van der Waals surface area contributed by atoms with Crippen LogP contribution in [-0.2, 0) is 9.53 Å². The number of hydrogen-bond donors (Lipinski definition) is 1. The molecule has 5 heteroatoms. The molecule has 2 fully saturated rings. The molecule has 2 atom stereocenters. The van der Waals surface area contributed by atoms with E-state index < -0.39 is 0 Å². The van der Waals surface area contributed by atoms with Gasteiger partial charge in [-0.1, -0.05) is 0 Å². The van der Waals surface area contributed by atoms with E-state index in [1.165, 1.54) is 22.6 Å². The molecule has 0 unspecified atom stereocenters. The number of ether oxygens (including phenoxy) is 1. The fourth-order valence-electron chi connectivity index (χ4n) is 3.46. The highest BCUT2D eigenvalue weighted by Gasteiger charge is 2.44. The Kier molecular flexibility index (Phi) is 5.72. The van der Waals surface area contributed by atoms with Crippen molar-refractivity contribution in [1.29, 1.82) is 0 Å². The number of nitrogens with one attached hydrogen (secondary N) is 1. The van der Waals surface area contributed by atoms with Gasteiger partial charge in [0.05, 0.1) is 6.61 Å². The Bertz CT molecular complexity index is 523. The molecule has 128 valence electrons. The van der Waals surface area contributed by atoms with Gasteiger partial charge in [-0.25, -0.2) is 0 Å². The molecule has 3 rings (SSSR count). The van der Waals surface area contributed by atoms with E-state index in [4.69, 9.17) is 4.74 Å². The second-order valence-corrected chi connectivity index (χ2v) is 8.24. The van der Waals surface area contributed by atoms with Gasteiger partial charge >= 0.3 is 0 Å². The van der Waals surface area contributed by atoms with Gasteiger partial charge in [0.1, 0.15) is 0 Å². The number of rotatable bonds is 7. The lowest BCUT2D eigenvalue weighted by atomic mass is 9.97. The van der Waals surface area contributed by atoms with Crippen LogP contribution in [0, 0.1) is 18.8 Å². The third kappa shape index (κ3) is 4.55. The van der Waals surface area contributed by atoms with Gasteiger partial charge in [-0.15, -0.1) is 11.3 Å². The summed E-state index contributed by atoms with van der Waals surface area (Å²) in [5.74, 6) is 1.60. The van der Waals surface area contributed by atoms with Crippen molar-refractivity contribution in [2.24, 2.45) is 11.8 Å². The normalized spacial score (nSPS) is 25.5. The molecule has 1 amide bonds. The third-order valence-corrected chi connectivity index (χ3v) is 6.27. The molecule has 0 radical (unpaired) electrons. The molecule has 0 spiro atoms. The Labute approximate surface area is 143 Å². The first-order chi connectivity index (χ1) is 11.2. The lowest BCUT2D eigenvalue weighted by Gasteiger charge is -2.31. The second-order valence-electron chi connectivity index (χ2n) is 6.92. The molecule has 0 aromatic carbocycles. The minimum atomic E-state index is 0.217. The highest BCUT2D eigenvalue weighted by Crippen LogP contribution is 2.49. The first-order valence-corrected chi connectivity index (χ1v) is 9.54. The Hall–Kier alpha value is -0.910. The van der Waals surface area contributed by atoms with E-state index in [0.29, 0.717) is 11.8 Å². The van der Waals surface area contributed by atoms with Gasteiger partial charge in [-0.05, 0) is 57.3 Å². The number of piperidine rings is 1. The molecule has 1 aliphatic carbocycles. The van der Waals surface area contributed by atoms with Crippen molar-refractivity contribution in [2.45, 2.75) is 32.1 Å². The van der Waals surface area contributed by atoms with E-state index in [-0.39, 0.29) is 11.8 Å². The Morgan fingerprint density at radius 3 is 2.83 bits per heavy atom. The molecule has 1 saturated heterocycles. The Morgan fingerprint density at radius 2 is 2.17 bits per heavy atom. The van der Waals surface area contributed by atoms with Gasteiger partial charge in [-0.3, -0.25) is 4.79 Å². The van der Waals surface area contributed by atoms with E-state index >= 15 is 0 Å². The summed E-state index contributed by atoms with van der Waals surface area (Å²) < 4.78 is 5.13. The van der Waals surface area contributed by atoms with Gasteiger partial charge in [-0.2, -0.15) is 0 Å². The third-order valence-electron chi connectivity index (χ3n) is 5.14. The highest BCUT2D eigenvalue weighted by molar-refractivity contribution is 7.12. The standard InChI is InChI=1S/C18H28N2O2S/c1-13-3-4-17(23-13)15-11-16(15)18(21)19-12-14-5-7-20(8-6-14)9-10-22-2/h3-4,14-16H,5-12H2,1-2H3,(H,19,21)/t15-,16+/m0/s1. The number of likely N-dealkylation sites (tertiary alicyclic amines) is 1. The molecule has 1 aromatic rings. The molecule has 23 heavy (non-hydrogen) atoms. The quantitative estimate of drug-likeness (QED) is 0.832. The number of aryl methyl sites for hydroxylation is 1. The van der Waals surface area contributed by atoms with Gasteiger partial charge in [0.15, 0.2) is 0 Å². The molecule has 2 heterocycles. The SMILES string of the molecule is COCCN1CCC(CNC(=O)[C@@H]2C[C@@H]2c2ccc(C)s2)CC1.